The van der Waals surface area contributed by atoms with Gasteiger partial charge in [-0.15, -0.1) is 0 Å². The van der Waals surface area contributed by atoms with Crippen molar-refractivity contribution in [1.29, 1.82) is 0 Å². The molecule has 0 fully saturated rings. The summed E-state index contributed by atoms with van der Waals surface area (Å²) in [6.45, 7) is 13.6. The van der Waals surface area contributed by atoms with Gasteiger partial charge in [-0.05, 0) is 15.8 Å². The number of benzene rings is 1. The third-order valence-corrected chi connectivity index (χ3v) is 6.26. The molecular formula is C15H26Cl2OsP2+2. The van der Waals surface area contributed by atoms with E-state index in [9.17, 15) is 0 Å². The van der Waals surface area contributed by atoms with Crippen molar-refractivity contribution in [2.45, 2.75) is 0 Å². The van der Waals surface area contributed by atoms with Crippen molar-refractivity contribution in [3.8, 4) is 0 Å². The molecule has 0 spiro atoms. The molecule has 0 radical (unpaired) electrons. The van der Waals surface area contributed by atoms with Crippen molar-refractivity contribution in [2.75, 3.05) is 40.0 Å². The van der Waals surface area contributed by atoms with E-state index in [0.717, 1.165) is 0 Å². The van der Waals surface area contributed by atoms with E-state index in [1.807, 2.05) is 18.2 Å². The Morgan fingerprint density at radius 2 is 1.25 bits per heavy atom. The summed E-state index contributed by atoms with van der Waals surface area (Å²) in [5, 5.41) is 0. The molecule has 116 valence electrons. The molecule has 0 atom stereocenters. The van der Waals surface area contributed by atoms with Crippen LogP contribution in [0.5, 0.6) is 0 Å². The average Bonchev–Trinajstić information content (AvgIpc) is 2.70. The summed E-state index contributed by atoms with van der Waals surface area (Å²) in [6, 6.07) is 8.19. The van der Waals surface area contributed by atoms with Gasteiger partial charge in [0.1, 0.15) is 0 Å². The topological polar surface area (TPSA) is 0 Å². The van der Waals surface area contributed by atoms with Crippen molar-refractivity contribution in [1.82, 2.24) is 0 Å². The molecule has 2 rings (SSSR count). The number of allylic oxidation sites excluding steroid dienone is 1. The first kappa shape index (κ1) is 20.9. The zero-order valence-electron chi connectivity index (χ0n) is 13.1. The molecule has 1 aromatic rings. The van der Waals surface area contributed by atoms with E-state index in [4.69, 9.17) is 19.3 Å². The van der Waals surface area contributed by atoms with Crippen molar-refractivity contribution >= 4 is 45.3 Å². The van der Waals surface area contributed by atoms with Crippen LogP contribution < -0.4 is 0 Å². The van der Waals surface area contributed by atoms with E-state index in [0.29, 0.717) is 0 Å². The Balaban J connectivity index is 0.000000380. The second kappa shape index (κ2) is 11.5. The van der Waals surface area contributed by atoms with E-state index in [1.165, 1.54) is 15.2 Å². The predicted octanol–water partition coefficient (Wildman–Crippen LogP) is 5.34. The summed E-state index contributed by atoms with van der Waals surface area (Å²) in [4.78, 5) is 0. The number of hydrogen-bond donors (Lipinski definition) is 0. The Kier molecular flexibility index (Phi) is 12.0. The molecule has 0 unspecified atom stereocenters. The normalized spacial score (nSPS) is 12.5. The molecule has 1 aromatic carbocycles. The molecular weight excluding hydrogens is 503 g/mol. The molecule has 0 aliphatic heterocycles. The van der Waals surface area contributed by atoms with E-state index in [2.05, 4.69) is 58.2 Å². The predicted molar refractivity (Wildman–Crippen MR) is 103 cm³/mol. The fraction of sp³-hybridized carbons (Fsp3) is 0.400. The van der Waals surface area contributed by atoms with Crippen LogP contribution in [0, 0.1) is 0 Å². The Morgan fingerprint density at radius 3 is 1.70 bits per heavy atom. The van der Waals surface area contributed by atoms with Crippen molar-refractivity contribution in [2.24, 2.45) is 0 Å². The molecule has 20 heavy (non-hydrogen) atoms. The van der Waals surface area contributed by atoms with Crippen LogP contribution in [0.25, 0.3) is 6.08 Å². The van der Waals surface area contributed by atoms with Gasteiger partial charge in [-0.2, -0.15) is 0 Å². The van der Waals surface area contributed by atoms with Gasteiger partial charge in [0.05, 0.1) is 0 Å². The minimum absolute atomic E-state index is 0.120. The number of halogens is 2. The molecule has 0 heterocycles. The monoisotopic (exact) mass is 530 g/mol. The SMILES string of the molecule is C[PH+](C)C.C[PH+](C)C.[Cl][Os]([Cl])=[C]1C=Cc2ccccc21. The first-order valence-corrected chi connectivity index (χ1v) is 20.0. The fourth-order valence-corrected chi connectivity index (χ4v) is 4.76. The van der Waals surface area contributed by atoms with Crippen LogP contribution in [0.1, 0.15) is 11.1 Å². The maximum atomic E-state index is 5.96. The van der Waals surface area contributed by atoms with E-state index in [-0.39, 0.29) is 15.8 Å². The van der Waals surface area contributed by atoms with Crippen molar-refractivity contribution < 1.29 is 13.8 Å². The molecule has 1 aliphatic carbocycles. The van der Waals surface area contributed by atoms with E-state index < -0.39 is 13.8 Å². The Labute approximate surface area is 140 Å². The molecule has 0 nitrogen and oxygen atoms in total. The molecule has 1 aliphatic rings. The van der Waals surface area contributed by atoms with Gasteiger partial charge >= 0.3 is 84.6 Å². The van der Waals surface area contributed by atoms with Gasteiger partial charge in [0.15, 0.2) is 0 Å². The number of rotatable bonds is 0. The Bertz CT molecular complexity index is 453. The summed E-state index contributed by atoms with van der Waals surface area (Å²) >= 11 is -2.02. The first-order valence-electron chi connectivity index (χ1n) is 6.43. The second-order valence-electron chi connectivity index (χ2n) is 5.44. The van der Waals surface area contributed by atoms with Crippen molar-refractivity contribution in [3.05, 3.63) is 41.5 Å². The van der Waals surface area contributed by atoms with Crippen LogP contribution >= 0.6 is 35.1 Å². The van der Waals surface area contributed by atoms with Gasteiger partial charge < -0.3 is 0 Å². The molecule has 5 heteroatoms. The zero-order chi connectivity index (χ0) is 15.7. The van der Waals surface area contributed by atoms with Crippen molar-refractivity contribution in [3.63, 3.8) is 0 Å². The van der Waals surface area contributed by atoms with Gasteiger partial charge in [0, 0.05) is 40.0 Å². The van der Waals surface area contributed by atoms with Crippen LogP contribution in [-0.4, -0.2) is 44.1 Å². The summed E-state index contributed by atoms with van der Waals surface area (Å²) in [6.07, 6.45) is 4.12. The molecule has 0 saturated heterocycles. The molecule has 0 saturated carbocycles. The second-order valence-corrected chi connectivity index (χ2v) is 19.6. The van der Waals surface area contributed by atoms with Gasteiger partial charge in [0.25, 0.3) is 0 Å². The Hall–Kier alpha value is 0.906. The van der Waals surface area contributed by atoms with Crippen LogP contribution in [-0.2, 0) is 13.8 Å². The maximum absolute atomic E-state index is 5.96. The molecule has 0 amide bonds. The third-order valence-electron chi connectivity index (χ3n) is 1.76. The third kappa shape index (κ3) is 9.77. The molecule has 0 bridgehead atoms. The quantitative estimate of drug-likeness (QED) is 0.398. The van der Waals surface area contributed by atoms with Crippen LogP contribution in [0.4, 0.5) is 0 Å². The van der Waals surface area contributed by atoms with Gasteiger partial charge in [-0.25, -0.2) is 0 Å². The first-order chi connectivity index (χ1) is 9.25. The van der Waals surface area contributed by atoms with Gasteiger partial charge in [-0.3, -0.25) is 0 Å². The fourth-order valence-electron chi connectivity index (χ4n) is 1.22. The summed E-state index contributed by atoms with van der Waals surface area (Å²) in [5.41, 5.74) is 2.46. The van der Waals surface area contributed by atoms with E-state index in [1.54, 1.807) is 0 Å². The summed E-state index contributed by atoms with van der Waals surface area (Å²) < 4.78 is 1.17. The van der Waals surface area contributed by atoms with Gasteiger partial charge in [0.2, 0.25) is 0 Å². The van der Waals surface area contributed by atoms with Crippen LogP contribution in [0.15, 0.2) is 30.3 Å². The Morgan fingerprint density at radius 1 is 0.800 bits per heavy atom. The van der Waals surface area contributed by atoms with E-state index >= 15 is 0 Å². The number of fused-ring (bicyclic) bond motifs is 1. The summed E-state index contributed by atoms with van der Waals surface area (Å²) in [5.74, 6) is 0. The molecule has 0 N–H and O–H groups in total. The van der Waals surface area contributed by atoms with Gasteiger partial charge in [-0.1, -0.05) is 0 Å². The summed E-state index contributed by atoms with van der Waals surface area (Å²) in [7, 11) is 12.2. The zero-order valence-corrected chi connectivity index (χ0v) is 19.1. The van der Waals surface area contributed by atoms with Crippen LogP contribution in [0.2, 0.25) is 0 Å². The van der Waals surface area contributed by atoms with Crippen LogP contribution in [0.3, 0.4) is 0 Å². The minimum atomic E-state index is -2.02. The number of hydrogen-bond acceptors (Lipinski definition) is 0. The average molecular weight is 529 g/mol. The standard InChI is InChI=1S/C9H6.2C3H9P.2ClH.Os/c1-2-5-9-7-3-6-8(9)4-1;2*1-4(2)3;;;/h1-6H;2*1-3H3;2*1H;/q;;;;;+2. The molecule has 0 aromatic heterocycles.